The van der Waals surface area contributed by atoms with Gasteiger partial charge in [-0.15, -0.1) is 0 Å². The minimum Gasteiger partial charge on any atom is -0.479 e. The number of alkyl halides is 3. The molecule has 1 rings (SSSR count). The van der Waals surface area contributed by atoms with Crippen molar-refractivity contribution >= 4 is 22.6 Å². The Morgan fingerprint density at radius 1 is 1.41 bits per heavy atom. The lowest BCUT2D eigenvalue weighted by Gasteiger charge is -2.26. The van der Waals surface area contributed by atoms with Crippen molar-refractivity contribution in [3.8, 4) is 5.75 Å². The number of hydrogen-bond acceptors (Lipinski definition) is 2. The average molecular weight is 359 g/mol. The first-order valence-corrected chi connectivity index (χ1v) is 6.17. The highest BCUT2D eigenvalue weighted by Gasteiger charge is 2.45. The van der Waals surface area contributed by atoms with Gasteiger partial charge >= 0.3 is 6.18 Å². The third kappa shape index (κ3) is 4.34. The first-order valence-electron chi connectivity index (χ1n) is 5.09. The van der Waals surface area contributed by atoms with E-state index >= 15 is 0 Å². The zero-order valence-corrected chi connectivity index (χ0v) is 11.3. The molecule has 2 nitrogen and oxygen atoms in total. The highest BCUT2D eigenvalue weighted by molar-refractivity contribution is 14.1. The molecule has 0 aliphatic heterocycles. The molecule has 0 amide bonds. The first-order chi connectivity index (χ1) is 7.84. The van der Waals surface area contributed by atoms with Crippen molar-refractivity contribution < 1.29 is 17.9 Å². The summed E-state index contributed by atoms with van der Waals surface area (Å²) in [6.07, 6.45) is -6.23. The van der Waals surface area contributed by atoms with Crippen molar-refractivity contribution in [3.05, 3.63) is 27.8 Å². The monoisotopic (exact) mass is 359 g/mol. The van der Waals surface area contributed by atoms with Crippen LogP contribution in [-0.4, -0.2) is 18.3 Å². The molecule has 1 aromatic rings. The Hall–Kier alpha value is -0.500. The molecule has 17 heavy (non-hydrogen) atoms. The molecular weight excluding hydrogens is 346 g/mol. The molecule has 0 bridgehead atoms. The van der Waals surface area contributed by atoms with Crippen LogP contribution < -0.4 is 10.5 Å². The predicted octanol–water partition coefficient (Wildman–Crippen LogP) is 3.34. The molecule has 0 saturated heterocycles. The molecule has 0 aromatic heterocycles. The lowest BCUT2D eigenvalue weighted by molar-refractivity contribution is -0.200. The minimum atomic E-state index is -4.46. The van der Waals surface area contributed by atoms with E-state index in [1.807, 2.05) is 22.6 Å². The summed E-state index contributed by atoms with van der Waals surface area (Å²) >= 11 is 2.01. The third-order valence-corrected chi connectivity index (χ3v) is 2.91. The van der Waals surface area contributed by atoms with Crippen molar-refractivity contribution in [2.75, 3.05) is 0 Å². The molecule has 96 valence electrons. The summed E-state index contributed by atoms with van der Waals surface area (Å²) in [4.78, 5) is 0. The van der Waals surface area contributed by atoms with E-state index in [1.54, 1.807) is 25.1 Å². The molecule has 0 fully saturated rings. The Labute approximate surface area is 111 Å². The standard InChI is InChI=1S/C11H13F3INO/c1-2-9(16)10(11(12,13)14)17-8-5-3-4-7(15)6-8/h3-6,9-10H,2,16H2,1H3. The van der Waals surface area contributed by atoms with Crippen LogP contribution in [0.1, 0.15) is 13.3 Å². The smallest absolute Gasteiger partial charge is 0.426 e. The molecule has 0 spiro atoms. The topological polar surface area (TPSA) is 35.2 Å². The normalized spacial score (nSPS) is 15.4. The van der Waals surface area contributed by atoms with Crippen LogP contribution >= 0.6 is 22.6 Å². The molecule has 1 aromatic carbocycles. The second kappa shape index (κ2) is 5.90. The summed E-state index contributed by atoms with van der Waals surface area (Å²) in [7, 11) is 0. The van der Waals surface area contributed by atoms with Crippen LogP contribution in [0.3, 0.4) is 0 Å². The second-order valence-corrected chi connectivity index (χ2v) is 4.86. The van der Waals surface area contributed by atoms with E-state index in [1.165, 1.54) is 6.07 Å². The lowest BCUT2D eigenvalue weighted by atomic mass is 10.1. The van der Waals surface area contributed by atoms with Crippen LogP contribution in [0.4, 0.5) is 13.2 Å². The SMILES string of the molecule is CCC(N)C(Oc1cccc(I)c1)C(F)(F)F. The molecule has 6 heteroatoms. The van der Waals surface area contributed by atoms with Gasteiger partial charge in [-0.3, -0.25) is 0 Å². The van der Waals surface area contributed by atoms with Crippen LogP contribution in [0.15, 0.2) is 24.3 Å². The van der Waals surface area contributed by atoms with Gasteiger partial charge in [0, 0.05) is 3.57 Å². The number of hydrogen-bond donors (Lipinski definition) is 1. The maximum atomic E-state index is 12.7. The van der Waals surface area contributed by atoms with E-state index < -0.39 is 18.3 Å². The fraction of sp³-hybridized carbons (Fsp3) is 0.455. The van der Waals surface area contributed by atoms with Crippen LogP contribution in [0.5, 0.6) is 5.75 Å². The molecule has 2 N–H and O–H groups in total. The highest BCUT2D eigenvalue weighted by atomic mass is 127. The Morgan fingerprint density at radius 2 is 2.06 bits per heavy atom. The van der Waals surface area contributed by atoms with Crippen molar-refractivity contribution in [1.82, 2.24) is 0 Å². The minimum absolute atomic E-state index is 0.183. The van der Waals surface area contributed by atoms with E-state index in [2.05, 4.69) is 0 Å². The van der Waals surface area contributed by atoms with Crippen molar-refractivity contribution in [3.63, 3.8) is 0 Å². The summed E-state index contributed by atoms with van der Waals surface area (Å²) in [5.74, 6) is 0.183. The van der Waals surface area contributed by atoms with E-state index in [0.717, 1.165) is 3.57 Å². The van der Waals surface area contributed by atoms with Gasteiger partial charge in [-0.2, -0.15) is 13.2 Å². The van der Waals surface area contributed by atoms with Gasteiger partial charge in [-0.25, -0.2) is 0 Å². The van der Waals surface area contributed by atoms with E-state index in [4.69, 9.17) is 10.5 Å². The molecule has 2 unspecified atom stereocenters. The quantitative estimate of drug-likeness (QED) is 0.837. The zero-order valence-electron chi connectivity index (χ0n) is 9.17. The largest absolute Gasteiger partial charge is 0.479 e. The lowest BCUT2D eigenvalue weighted by Crippen LogP contribution is -2.48. The average Bonchev–Trinajstić information content (AvgIpc) is 2.23. The Bertz CT molecular complexity index is 370. The van der Waals surface area contributed by atoms with Gasteiger partial charge in [-0.05, 0) is 47.2 Å². The van der Waals surface area contributed by atoms with E-state index in [9.17, 15) is 13.2 Å². The Balaban J connectivity index is 2.87. The second-order valence-electron chi connectivity index (χ2n) is 3.61. The summed E-state index contributed by atoms with van der Waals surface area (Å²) in [6, 6.07) is 5.38. The van der Waals surface area contributed by atoms with Crippen LogP contribution in [0.2, 0.25) is 0 Å². The fourth-order valence-electron chi connectivity index (χ4n) is 1.30. The van der Waals surface area contributed by atoms with Gasteiger partial charge < -0.3 is 10.5 Å². The van der Waals surface area contributed by atoms with Crippen LogP contribution in [0, 0.1) is 3.57 Å². The summed E-state index contributed by atoms with van der Waals surface area (Å²) in [5, 5.41) is 0. The van der Waals surface area contributed by atoms with E-state index in [0.29, 0.717) is 0 Å². The summed E-state index contributed by atoms with van der Waals surface area (Å²) < 4.78 is 44.0. The maximum Gasteiger partial charge on any atom is 0.426 e. The van der Waals surface area contributed by atoms with Crippen LogP contribution in [0.25, 0.3) is 0 Å². The molecule has 0 saturated carbocycles. The van der Waals surface area contributed by atoms with E-state index in [-0.39, 0.29) is 12.2 Å². The molecule has 2 atom stereocenters. The number of ether oxygens (including phenoxy) is 1. The molecular formula is C11H13F3INO. The van der Waals surface area contributed by atoms with Crippen molar-refractivity contribution in [2.45, 2.75) is 31.7 Å². The Kier molecular flexibility index (Phi) is 5.05. The Morgan fingerprint density at radius 3 is 2.53 bits per heavy atom. The van der Waals surface area contributed by atoms with Crippen LogP contribution in [-0.2, 0) is 0 Å². The number of nitrogens with two attached hydrogens (primary N) is 1. The third-order valence-electron chi connectivity index (χ3n) is 2.24. The molecule has 0 aliphatic rings. The predicted molar refractivity (Wildman–Crippen MR) is 67.9 cm³/mol. The number of benzene rings is 1. The number of halogens is 4. The van der Waals surface area contributed by atoms with Gasteiger partial charge in [0.25, 0.3) is 0 Å². The van der Waals surface area contributed by atoms with Gasteiger partial charge in [0.05, 0.1) is 6.04 Å². The van der Waals surface area contributed by atoms with Crippen molar-refractivity contribution in [2.24, 2.45) is 5.73 Å². The summed E-state index contributed by atoms with van der Waals surface area (Å²) in [5.41, 5.74) is 5.44. The first kappa shape index (κ1) is 14.6. The number of rotatable bonds is 4. The van der Waals surface area contributed by atoms with Gasteiger partial charge in [0.15, 0.2) is 0 Å². The summed E-state index contributed by atoms with van der Waals surface area (Å²) in [6.45, 7) is 1.60. The molecule has 0 aliphatic carbocycles. The van der Waals surface area contributed by atoms with Gasteiger partial charge in [0.2, 0.25) is 6.10 Å². The zero-order chi connectivity index (χ0) is 13.1. The molecule has 0 heterocycles. The van der Waals surface area contributed by atoms with Gasteiger partial charge in [0.1, 0.15) is 5.75 Å². The van der Waals surface area contributed by atoms with Crippen molar-refractivity contribution in [1.29, 1.82) is 0 Å². The fourth-order valence-corrected chi connectivity index (χ4v) is 1.81. The highest BCUT2D eigenvalue weighted by Crippen LogP contribution is 2.28. The molecule has 0 radical (unpaired) electrons. The maximum absolute atomic E-state index is 12.7. The van der Waals surface area contributed by atoms with Gasteiger partial charge in [-0.1, -0.05) is 13.0 Å².